The van der Waals surface area contributed by atoms with Gasteiger partial charge in [0.25, 0.3) is 0 Å². The van der Waals surface area contributed by atoms with Crippen LogP contribution in [0.1, 0.15) is 38.7 Å². The lowest BCUT2D eigenvalue weighted by molar-refractivity contribution is -0.121. The molecule has 0 aliphatic heterocycles. The molecule has 3 nitrogen and oxygen atoms in total. The summed E-state index contributed by atoms with van der Waals surface area (Å²) < 4.78 is 26.4. The van der Waals surface area contributed by atoms with Crippen molar-refractivity contribution in [2.24, 2.45) is 5.41 Å². The third kappa shape index (κ3) is 6.21. The predicted molar refractivity (Wildman–Crippen MR) is 77.8 cm³/mol. The Hall–Kier alpha value is -1.49. The van der Waals surface area contributed by atoms with Crippen LogP contribution in [0.4, 0.5) is 8.78 Å². The molecule has 1 rings (SSSR count). The quantitative estimate of drug-likeness (QED) is 0.725. The highest BCUT2D eigenvalue weighted by atomic mass is 19.2. The van der Waals surface area contributed by atoms with E-state index < -0.39 is 11.6 Å². The molecule has 0 bridgehead atoms. The SMILES string of the molecule is CC(C)(CO)CCCNC(=O)CCc1cccc(F)c1F. The Morgan fingerprint density at radius 1 is 1.33 bits per heavy atom. The zero-order chi connectivity index (χ0) is 15.9. The fourth-order valence-electron chi connectivity index (χ4n) is 1.95. The Balaban J connectivity index is 2.27. The molecule has 0 radical (unpaired) electrons. The smallest absolute Gasteiger partial charge is 0.220 e. The summed E-state index contributed by atoms with van der Waals surface area (Å²) in [6.07, 6.45) is 1.89. The first-order chi connectivity index (χ1) is 9.85. The molecular formula is C16H23F2NO2. The number of rotatable bonds is 8. The molecule has 2 N–H and O–H groups in total. The summed E-state index contributed by atoms with van der Waals surface area (Å²) in [5, 5.41) is 11.9. The normalized spacial score (nSPS) is 11.5. The first-order valence-electron chi connectivity index (χ1n) is 7.16. The lowest BCUT2D eigenvalue weighted by Gasteiger charge is -2.21. The standard InChI is InChI=1S/C16H23F2NO2/c1-16(2,11-20)9-4-10-19-14(21)8-7-12-5-3-6-13(17)15(12)18/h3,5-6,20H,4,7-11H2,1-2H3,(H,19,21). The molecular weight excluding hydrogens is 276 g/mol. The van der Waals surface area contributed by atoms with Gasteiger partial charge in [0.2, 0.25) is 5.91 Å². The van der Waals surface area contributed by atoms with Crippen molar-refractivity contribution in [3.8, 4) is 0 Å². The summed E-state index contributed by atoms with van der Waals surface area (Å²) in [4.78, 5) is 11.6. The summed E-state index contributed by atoms with van der Waals surface area (Å²) in [6, 6.07) is 3.97. The first-order valence-corrected chi connectivity index (χ1v) is 7.16. The number of aliphatic hydroxyl groups is 1. The van der Waals surface area contributed by atoms with Gasteiger partial charge >= 0.3 is 0 Å². The van der Waals surface area contributed by atoms with Crippen LogP contribution in [0.2, 0.25) is 0 Å². The van der Waals surface area contributed by atoms with Gasteiger partial charge in [-0.25, -0.2) is 8.78 Å². The molecule has 0 aromatic heterocycles. The van der Waals surface area contributed by atoms with Crippen molar-refractivity contribution in [2.75, 3.05) is 13.2 Å². The summed E-state index contributed by atoms with van der Waals surface area (Å²) in [6.45, 7) is 4.55. The molecule has 0 spiro atoms. The minimum Gasteiger partial charge on any atom is -0.396 e. The van der Waals surface area contributed by atoms with Crippen molar-refractivity contribution >= 4 is 5.91 Å². The van der Waals surface area contributed by atoms with Gasteiger partial charge in [0, 0.05) is 19.6 Å². The van der Waals surface area contributed by atoms with E-state index in [2.05, 4.69) is 5.32 Å². The van der Waals surface area contributed by atoms with Gasteiger partial charge in [-0.15, -0.1) is 0 Å². The number of benzene rings is 1. The van der Waals surface area contributed by atoms with Crippen LogP contribution in [0.25, 0.3) is 0 Å². The molecule has 0 fully saturated rings. The number of nitrogens with one attached hydrogen (secondary N) is 1. The van der Waals surface area contributed by atoms with Crippen LogP contribution in [0.3, 0.4) is 0 Å². The van der Waals surface area contributed by atoms with E-state index in [4.69, 9.17) is 5.11 Å². The van der Waals surface area contributed by atoms with Crippen LogP contribution in [-0.2, 0) is 11.2 Å². The predicted octanol–water partition coefficient (Wildman–Crippen LogP) is 2.81. The second-order valence-corrected chi connectivity index (χ2v) is 5.99. The second-order valence-electron chi connectivity index (χ2n) is 5.99. The van der Waals surface area contributed by atoms with Crippen molar-refractivity contribution in [1.82, 2.24) is 5.32 Å². The van der Waals surface area contributed by atoms with Gasteiger partial charge in [-0.3, -0.25) is 4.79 Å². The molecule has 118 valence electrons. The Kier molecular flexibility index (Phi) is 6.75. The largest absolute Gasteiger partial charge is 0.396 e. The maximum atomic E-state index is 13.4. The van der Waals surface area contributed by atoms with Crippen LogP contribution < -0.4 is 5.32 Å². The fraction of sp³-hybridized carbons (Fsp3) is 0.562. The summed E-state index contributed by atoms with van der Waals surface area (Å²) in [5.41, 5.74) is 0.0710. The Morgan fingerprint density at radius 2 is 2.05 bits per heavy atom. The van der Waals surface area contributed by atoms with Gasteiger partial charge in [-0.1, -0.05) is 26.0 Å². The molecule has 1 aromatic carbocycles. The number of carbonyl (C=O) groups excluding carboxylic acids is 1. The van der Waals surface area contributed by atoms with Crippen molar-refractivity contribution in [2.45, 2.75) is 39.5 Å². The zero-order valence-corrected chi connectivity index (χ0v) is 12.6. The number of carbonyl (C=O) groups is 1. The van der Waals surface area contributed by atoms with Gasteiger partial charge < -0.3 is 10.4 Å². The molecule has 1 amide bonds. The molecule has 0 saturated heterocycles. The van der Waals surface area contributed by atoms with Crippen LogP contribution in [0, 0.1) is 17.0 Å². The summed E-state index contributed by atoms with van der Waals surface area (Å²) >= 11 is 0. The lowest BCUT2D eigenvalue weighted by atomic mass is 9.89. The van der Waals surface area contributed by atoms with Gasteiger partial charge in [0.1, 0.15) is 0 Å². The average molecular weight is 299 g/mol. The first kappa shape index (κ1) is 17.6. The van der Waals surface area contributed by atoms with E-state index in [0.29, 0.717) is 6.54 Å². The topological polar surface area (TPSA) is 49.3 Å². The minimum absolute atomic E-state index is 0.111. The van der Waals surface area contributed by atoms with Crippen molar-refractivity contribution in [3.63, 3.8) is 0 Å². The monoisotopic (exact) mass is 299 g/mol. The fourth-order valence-corrected chi connectivity index (χ4v) is 1.95. The van der Waals surface area contributed by atoms with E-state index in [0.717, 1.165) is 18.9 Å². The van der Waals surface area contributed by atoms with E-state index in [-0.39, 0.29) is 36.3 Å². The molecule has 1 aromatic rings. The minimum atomic E-state index is -0.890. The highest BCUT2D eigenvalue weighted by Gasteiger charge is 2.15. The lowest BCUT2D eigenvalue weighted by Crippen LogP contribution is -2.26. The van der Waals surface area contributed by atoms with E-state index >= 15 is 0 Å². The Labute approximate surface area is 124 Å². The molecule has 21 heavy (non-hydrogen) atoms. The van der Waals surface area contributed by atoms with E-state index in [1.54, 1.807) is 0 Å². The number of hydrogen-bond acceptors (Lipinski definition) is 2. The number of aryl methyl sites for hydroxylation is 1. The van der Waals surface area contributed by atoms with Crippen LogP contribution >= 0.6 is 0 Å². The van der Waals surface area contributed by atoms with Gasteiger partial charge in [-0.2, -0.15) is 0 Å². The maximum Gasteiger partial charge on any atom is 0.220 e. The Bertz CT molecular complexity index is 475. The third-order valence-electron chi connectivity index (χ3n) is 3.43. The van der Waals surface area contributed by atoms with Crippen LogP contribution in [0.5, 0.6) is 0 Å². The van der Waals surface area contributed by atoms with Crippen LogP contribution in [-0.4, -0.2) is 24.2 Å². The van der Waals surface area contributed by atoms with E-state index in [9.17, 15) is 13.6 Å². The highest BCUT2D eigenvalue weighted by molar-refractivity contribution is 5.76. The molecule has 0 saturated carbocycles. The van der Waals surface area contributed by atoms with Crippen LogP contribution in [0.15, 0.2) is 18.2 Å². The summed E-state index contributed by atoms with van der Waals surface area (Å²) in [7, 11) is 0. The molecule has 0 unspecified atom stereocenters. The summed E-state index contributed by atoms with van der Waals surface area (Å²) in [5.74, 6) is -1.95. The van der Waals surface area contributed by atoms with Gasteiger partial charge in [0.05, 0.1) is 0 Å². The molecule has 0 atom stereocenters. The number of aliphatic hydroxyl groups excluding tert-OH is 1. The number of amides is 1. The van der Waals surface area contributed by atoms with E-state index in [1.807, 2.05) is 13.8 Å². The van der Waals surface area contributed by atoms with Gasteiger partial charge in [-0.05, 0) is 36.3 Å². The molecule has 0 aliphatic carbocycles. The number of halogens is 2. The molecule has 0 aliphatic rings. The van der Waals surface area contributed by atoms with Crippen molar-refractivity contribution in [3.05, 3.63) is 35.4 Å². The maximum absolute atomic E-state index is 13.4. The number of hydrogen-bond donors (Lipinski definition) is 2. The molecule has 0 heterocycles. The molecule has 5 heteroatoms. The van der Waals surface area contributed by atoms with E-state index in [1.165, 1.54) is 12.1 Å². The Morgan fingerprint density at radius 3 is 2.71 bits per heavy atom. The van der Waals surface area contributed by atoms with Crippen molar-refractivity contribution < 1.29 is 18.7 Å². The van der Waals surface area contributed by atoms with Gasteiger partial charge in [0.15, 0.2) is 11.6 Å². The average Bonchev–Trinajstić information content (AvgIpc) is 2.45. The second kappa shape index (κ2) is 8.08. The van der Waals surface area contributed by atoms with Crippen molar-refractivity contribution in [1.29, 1.82) is 0 Å². The zero-order valence-electron chi connectivity index (χ0n) is 12.6. The third-order valence-corrected chi connectivity index (χ3v) is 3.43. The highest BCUT2D eigenvalue weighted by Crippen LogP contribution is 2.20.